The smallest absolute Gasteiger partial charge is 0.163 e. The summed E-state index contributed by atoms with van der Waals surface area (Å²) in [7, 11) is 0. The quantitative estimate of drug-likeness (QED) is 0.891. The standard InChI is InChI=1S/C14H12ClNO2/c15-10-2-1-3-11(8-10)16-12-4-5-13-14(9-12)18-7-6-17-13/h1-5,8-9,16H,6-7H2. The van der Waals surface area contributed by atoms with Crippen LogP contribution < -0.4 is 14.8 Å². The molecule has 0 radical (unpaired) electrons. The van der Waals surface area contributed by atoms with Crippen molar-refractivity contribution in [3.63, 3.8) is 0 Å². The van der Waals surface area contributed by atoms with Gasteiger partial charge in [0.15, 0.2) is 11.5 Å². The Morgan fingerprint density at radius 2 is 1.67 bits per heavy atom. The van der Waals surface area contributed by atoms with E-state index in [0.717, 1.165) is 22.9 Å². The summed E-state index contributed by atoms with van der Waals surface area (Å²) in [4.78, 5) is 0. The summed E-state index contributed by atoms with van der Waals surface area (Å²) in [5, 5.41) is 3.98. The first-order chi connectivity index (χ1) is 8.81. The molecule has 0 unspecified atom stereocenters. The van der Waals surface area contributed by atoms with Crippen molar-refractivity contribution in [3.05, 3.63) is 47.5 Å². The molecule has 4 heteroatoms. The molecule has 1 aliphatic rings. The summed E-state index contributed by atoms with van der Waals surface area (Å²) in [5.41, 5.74) is 1.89. The van der Waals surface area contributed by atoms with Gasteiger partial charge in [0.05, 0.1) is 0 Å². The normalized spacial score (nSPS) is 13.2. The van der Waals surface area contributed by atoms with Crippen LogP contribution in [0.5, 0.6) is 11.5 Å². The molecule has 1 N–H and O–H groups in total. The Labute approximate surface area is 110 Å². The molecule has 0 saturated carbocycles. The van der Waals surface area contributed by atoms with E-state index in [1.807, 2.05) is 42.5 Å². The first-order valence-electron chi connectivity index (χ1n) is 5.73. The highest BCUT2D eigenvalue weighted by molar-refractivity contribution is 6.30. The first kappa shape index (κ1) is 11.2. The number of anilines is 2. The van der Waals surface area contributed by atoms with Crippen LogP contribution in [0.15, 0.2) is 42.5 Å². The van der Waals surface area contributed by atoms with Crippen molar-refractivity contribution in [2.45, 2.75) is 0 Å². The summed E-state index contributed by atoms with van der Waals surface area (Å²) < 4.78 is 11.0. The number of fused-ring (bicyclic) bond motifs is 1. The molecule has 0 aliphatic carbocycles. The third-order valence-electron chi connectivity index (χ3n) is 2.66. The predicted molar refractivity (Wildman–Crippen MR) is 72.2 cm³/mol. The van der Waals surface area contributed by atoms with Gasteiger partial charge in [0.1, 0.15) is 13.2 Å². The van der Waals surface area contributed by atoms with E-state index in [2.05, 4.69) is 5.32 Å². The predicted octanol–water partition coefficient (Wildman–Crippen LogP) is 3.85. The number of rotatable bonds is 2. The molecule has 0 fully saturated rings. The van der Waals surface area contributed by atoms with Gasteiger partial charge >= 0.3 is 0 Å². The van der Waals surface area contributed by atoms with Crippen molar-refractivity contribution in [1.82, 2.24) is 0 Å². The maximum Gasteiger partial charge on any atom is 0.163 e. The molecule has 1 heterocycles. The Balaban J connectivity index is 1.85. The third kappa shape index (κ3) is 2.36. The average molecular weight is 262 g/mol. The second kappa shape index (κ2) is 4.78. The summed E-state index contributed by atoms with van der Waals surface area (Å²) in [5.74, 6) is 1.56. The second-order valence-corrected chi connectivity index (χ2v) is 4.43. The Kier molecular flexibility index (Phi) is 2.99. The van der Waals surface area contributed by atoms with E-state index in [0.29, 0.717) is 18.2 Å². The lowest BCUT2D eigenvalue weighted by molar-refractivity contribution is 0.171. The van der Waals surface area contributed by atoms with Gasteiger partial charge in [0, 0.05) is 22.5 Å². The molecular weight excluding hydrogens is 250 g/mol. The van der Waals surface area contributed by atoms with Crippen LogP contribution >= 0.6 is 11.6 Å². The molecule has 0 spiro atoms. The van der Waals surface area contributed by atoms with E-state index < -0.39 is 0 Å². The Morgan fingerprint density at radius 3 is 2.50 bits per heavy atom. The fraction of sp³-hybridized carbons (Fsp3) is 0.143. The van der Waals surface area contributed by atoms with Crippen molar-refractivity contribution in [1.29, 1.82) is 0 Å². The monoisotopic (exact) mass is 261 g/mol. The van der Waals surface area contributed by atoms with Crippen molar-refractivity contribution in [3.8, 4) is 11.5 Å². The van der Waals surface area contributed by atoms with Gasteiger partial charge < -0.3 is 14.8 Å². The van der Waals surface area contributed by atoms with Crippen LogP contribution in [0.1, 0.15) is 0 Å². The van der Waals surface area contributed by atoms with Crippen LogP contribution in [0.25, 0.3) is 0 Å². The molecule has 3 nitrogen and oxygen atoms in total. The molecular formula is C14H12ClNO2. The minimum Gasteiger partial charge on any atom is -0.486 e. The number of hydrogen-bond acceptors (Lipinski definition) is 3. The number of halogens is 1. The maximum absolute atomic E-state index is 5.94. The lowest BCUT2D eigenvalue weighted by atomic mass is 10.2. The summed E-state index contributed by atoms with van der Waals surface area (Å²) in [6.07, 6.45) is 0. The molecule has 2 aromatic rings. The van der Waals surface area contributed by atoms with Crippen LogP contribution in [0, 0.1) is 0 Å². The van der Waals surface area contributed by atoms with Crippen molar-refractivity contribution in [2.24, 2.45) is 0 Å². The van der Waals surface area contributed by atoms with Gasteiger partial charge in [0.25, 0.3) is 0 Å². The molecule has 92 valence electrons. The van der Waals surface area contributed by atoms with E-state index in [1.165, 1.54) is 0 Å². The highest BCUT2D eigenvalue weighted by atomic mass is 35.5. The molecule has 3 rings (SSSR count). The zero-order chi connectivity index (χ0) is 12.4. The molecule has 1 aliphatic heterocycles. The Hall–Kier alpha value is -1.87. The molecule has 0 amide bonds. The summed E-state index contributed by atoms with van der Waals surface area (Å²) in [6.45, 7) is 1.20. The molecule has 18 heavy (non-hydrogen) atoms. The number of benzene rings is 2. The number of hydrogen-bond donors (Lipinski definition) is 1. The fourth-order valence-electron chi connectivity index (χ4n) is 1.85. The molecule has 0 aromatic heterocycles. The van der Waals surface area contributed by atoms with Crippen molar-refractivity contribution < 1.29 is 9.47 Å². The van der Waals surface area contributed by atoms with Gasteiger partial charge in [0.2, 0.25) is 0 Å². The van der Waals surface area contributed by atoms with E-state index in [4.69, 9.17) is 21.1 Å². The van der Waals surface area contributed by atoms with Gasteiger partial charge in [-0.05, 0) is 30.3 Å². The van der Waals surface area contributed by atoms with Gasteiger partial charge in [-0.25, -0.2) is 0 Å². The molecule has 0 bridgehead atoms. The van der Waals surface area contributed by atoms with E-state index in [-0.39, 0.29) is 0 Å². The molecule has 0 saturated heterocycles. The zero-order valence-corrected chi connectivity index (χ0v) is 10.4. The van der Waals surface area contributed by atoms with Gasteiger partial charge in [-0.1, -0.05) is 17.7 Å². The van der Waals surface area contributed by atoms with Crippen LogP contribution in [0.3, 0.4) is 0 Å². The zero-order valence-electron chi connectivity index (χ0n) is 9.65. The number of nitrogens with one attached hydrogen (secondary N) is 1. The van der Waals surface area contributed by atoms with E-state index >= 15 is 0 Å². The van der Waals surface area contributed by atoms with Crippen molar-refractivity contribution >= 4 is 23.0 Å². The Bertz CT molecular complexity index is 571. The van der Waals surface area contributed by atoms with E-state index in [9.17, 15) is 0 Å². The lowest BCUT2D eigenvalue weighted by Crippen LogP contribution is -2.15. The van der Waals surface area contributed by atoms with Gasteiger partial charge in [-0.3, -0.25) is 0 Å². The van der Waals surface area contributed by atoms with Gasteiger partial charge in [-0.2, -0.15) is 0 Å². The minimum absolute atomic E-state index is 0.591. The van der Waals surface area contributed by atoms with Crippen molar-refractivity contribution in [2.75, 3.05) is 18.5 Å². The average Bonchev–Trinajstić information content (AvgIpc) is 2.39. The fourth-order valence-corrected chi connectivity index (χ4v) is 2.04. The largest absolute Gasteiger partial charge is 0.486 e. The third-order valence-corrected chi connectivity index (χ3v) is 2.89. The Morgan fingerprint density at radius 1 is 0.889 bits per heavy atom. The first-order valence-corrected chi connectivity index (χ1v) is 6.11. The summed E-state index contributed by atoms with van der Waals surface area (Å²) in [6, 6.07) is 13.4. The van der Waals surface area contributed by atoms with Crippen LogP contribution in [-0.2, 0) is 0 Å². The molecule has 2 aromatic carbocycles. The summed E-state index contributed by atoms with van der Waals surface area (Å²) >= 11 is 5.94. The van der Waals surface area contributed by atoms with Crippen LogP contribution in [0.2, 0.25) is 5.02 Å². The highest BCUT2D eigenvalue weighted by Gasteiger charge is 2.11. The lowest BCUT2D eigenvalue weighted by Gasteiger charge is -2.19. The van der Waals surface area contributed by atoms with Crippen LogP contribution in [0.4, 0.5) is 11.4 Å². The SMILES string of the molecule is Clc1cccc(Nc2ccc3c(c2)OCCO3)c1. The topological polar surface area (TPSA) is 30.5 Å². The molecule has 0 atom stereocenters. The number of ether oxygens (including phenoxy) is 2. The van der Waals surface area contributed by atoms with E-state index in [1.54, 1.807) is 0 Å². The maximum atomic E-state index is 5.94. The minimum atomic E-state index is 0.591. The van der Waals surface area contributed by atoms with Gasteiger partial charge in [-0.15, -0.1) is 0 Å². The van der Waals surface area contributed by atoms with Crippen LogP contribution in [-0.4, -0.2) is 13.2 Å². The highest BCUT2D eigenvalue weighted by Crippen LogP contribution is 2.33. The second-order valence-electron chi connectivity index (χ2n) is 3.99.